The number of hydrogen-bond donors (Lipinski definition) is 3. The van der Waals surface area contributed by atoms with Crippen LogP contribution in [-0.2, 0) is 4.74 Å². The molecule has 94 valence electrons. The van der Waals surface area contributed by atoms with Gasteiger partial charge in [0.25, 0.3) is 5.56 Å². The quantitative estimate of drug-likeness (QED) is 0.589. The number of hydrogen-bond acceptors (Lipinski definition) is 5. The number of aromatic amines is 1. The number of aromatic nitrogens is 2. The van der Waals surface area contributed by atoms with Crippen molar-refractivity contribution in [1.82, 2.24) is 9.55 Å². The summed E-state index contributed by atoms with van der Waals surface area (Å²) in [6, 6.07) is 1.23. The van der Waals surface area contributed by atoms with Crippen LogP contribution in [0.1, 0.15) is 19.1 Å². The normalized spacial score (nSPS) is 29.2. The molecule has 1 aliphatic rings. The van der Waals surface area contributed by atoms with Crippen molar-refractivity contribution in [2.24, 2.45) is 0 Å². The van der Waals surface area contributed by atoms with Gasteiger partial charge in [-0.2, -0.15) is 0 Å². The molecule has 1 aliphatic heterocycles. The summed E-state index contributed by atoms with van der Waals surface area (Å²) in [4.78, 5) is 25.5. The summed E-state index contributed by atoms with van der Waals surface area (Å²) in [7, 11) is 0. The molecular weight excluding hydrogens is 228 g/mol. The van der Waals surface area contributed by atoms with E-state index in [1.54, 1.807) is 0 Å². The van der Waals surface area contributed by atoms with E-state index in [2.05, 4.69) is 4.98 Å². The van der Waals surface area contributed by atoms with E-state index >= 15 is 0 Å². The van der Waals surface area contributed by atoms with Crippen LogP contribution in [0, 0.1) is 0 Å². The van der Waals surface area contributed by atoms with Crippen molar-refractivity contribution in [2.75, 3.05) is 6.61 Å². The zero-order valence-electron chi connectivity index (χ0n) is 9.07. The SMILES string of the molecule is O=c1cc[nH]c(=O)n1[C@H]1CC[C@H](O)[C@@H](CO)O1. The Balaban J connectivity index is 2.30. The monoisotopic (exact) mass is 242 g/mol. The van der Waals surface area contributed by atoms with Crippen LogP contribution in [0.4, 0.5) is 0 Å². The minimum Gasteiger partial charge on any atom is -0.394 e. The highest BCUT2D eigenvalue weighted by Crippen LogP contribution is 2.24. The van der Waals surface area contributed by atoms with Crippen LogP contribution in [0.15, 0.2) is 21.9 Å². The van der Waals surface area contributed by atoms with Crippen LogP contribution in [0.5, 0.6) is 0 Å². The lowest BCUT2D eigenvalue weighted by atomic mass is 10.0. The van der Waals surface area contributed by atoms with E-state index < -0.39 is 29.7 Å². The zero-order chi connectivity index (χ0) is 12.4. The molecule has 2 heterocycles. The summed E-state index contributed by atoms with van der Waals surface area (Å²) in [6.07, 6.45) is -0.285. The van der Waals surface area contributed by atoms with E-state index in [1.165, 1.54) is 12.3 Å². The molecular formula is C10H14N2O5. The lowest BCUT2D eigenvalue weighted by Crippen LogP contribution is -2.45. The first-order valence-corrected chi connectivity index (χ1v) is 5.38. The number of nitrogens with zero attached hydrogens (tertiary/aromatic N) is 1. The van der Waals surface area contributed by atoms with Gasteiger partial charge in [0.1, 0.15) is 12.3 Å². The molecule has 1 fully saturated rings. The molecule has 2 rings (SSSR count). The lowest BCUT2D eigenvalue weighted by Gasteiger charge is -2.33. The van der Waals surface area contributed by atoms with Gasteiger partial charge in [-0.1, -0.05) is 0 Å². The fraction of sp³-hybridized carbons (Fsp3) is 0.600. The molecule has 3 N–H and O–H groups in total. The highest BCUT2D eigenvalue weighted by atomic mass is 16.5. The second kappa shape index (κ2) is 4.82. The lowest BCUT2D eigenvalue weighted by molar-refractivity contribution is -0.161. The maximum Gasteiger partial charge on any atom is 0.330 e. The molecule has 7 nitrogen and oxygen atoms in total. The van der Waals surface area contributed by atoms with Crippen LogP contribution in [-0.4, -0.2) is 38.6 Å². The number of nitrogens with one attached hydrogen (secondary N) is 1. The van der Waals surface area contributed by atoms with Gasteiger partial charge in [0, 0.05) is 12.3 Å². The molecule has 3 atom stereocenters. The molecule has 7 heteroatoms. The smallest absolute Gasteiger partial charge is 0.330 e. The van der Waals surface area contributed by atoms with Gasteiger partial charge in [0.2, 0.25) is 0 Å². The fourth-order valence-corrected chi connectivity index (χ4v) is 1.92. The van der Waals surface area contributed by atoms with Crippen molar-refractivity contribution >= 4 is 0 Å². The van der Waals surface area contributed by atoms with E-state index in [4.69, 9.17) is 9.84 Å². The minimum atomic E-state index is -0.769. The number of ether oxygens (including phenoxy) is 1. The van der Waals surface area contributed by atoms with Gasteiger partial charge in [-0.05, 0) is 12.8 Å². The topological polar surface area (TPSA) is 105 Å². The van der Waals surface area contributed by atoms with E-state index in [9.17, 15) is 14.7 Å². The average Bonchev–Trinajstić information content (AvgIpc) is 2.31. The van der Waals surface area contributed by atoms with Crippen LogP contribution in [0.3, 0.4) is 0 Å². The van der Waals surface area contributed by atoms with E-state index in [1.807, 2.05) is 0 Å². The Kier molecular flexibility index (Phi) is 3.41. The highest BCUT2D eigenvalue weighted by Gasteiger charge is 2.31. The zero-order valence-corrected chi connectivity index (χ0v) is 9.07. The molecule has 1 saturated heterocycles. The van der Waals surface area contributed by atoms with Crippen molar-refractivity contribution in [3.63, 3.8) is 0 Å². The summed E-state index contributed by atoms with van der Waals surface area (Å²) in [6.45, 7) is -0.350. The molecule has 0 radical (unpaired) electrons. The summed E-state index contributed by atoms with van der Waals surface area (Å²) in [5.74, 6) is 0. The Labute approximate surface area is 96.3 Å². The van der Waals surface area contributed by atoms with Crippen LogP contribution >= 0.6 is 0 Å². The van der Waals surface area contributed by atoms with Gasteiger partial charge >= 0.3 is 5.69 Å². The minimum absolute atomic E-state index is 0.350. The Morgan fingerprint density at radius 1 is 1.47 bits per heavy atom. The van der Waals surface area contributed by atoms with Crippen molar-refractivity contribution in [3.05, 3.63) is 33.1 Å². The summed E-state index contributed by atoms with van der Waals surface area (Å²) >= 11 is 0. The van der Waals surface area contributed by atoms with E-state index in [-0.39, 0.29) is 6.61 Å². The third-order valence-corrected chi connectivity index (χ3v) is 2.83. The third-order valence-electron chi connectivity index (χ3n) is 2.83. The van der Waals surface area contributed by atoms with Crippen molar-refractivity contribution < 1.29 is 14.9 Å². The first-order valence-electron chi connectivity index (χ1n) is 5.38. The van der Waals surface area contributed by atoms with Crippen molar-refractivity contribution in [2.45, 2.75) is 31.3 Å². The molecule has 0 aliphatic carbocycles. The van der Waals surface area contributed by atoms with Gasteiger partial charge in [-0.3, -0.25) is 4.79 Å². The summed E-state index contributed by atoms with van der Waals surface area (Å²) < 4.78 is 6.29. The Hall–Kier alpha value is -1.44. The van der Waals surface area contributed by atoms with Gasteiger partial charge in [0.05, 0.1) is 12.7 Å². The predicted molar refractivity (Wildman–Crippen MR) is 57.6 cm³/mol. The Morgan fingerprint density at radius 3 is 2.88 bits per heavy atom. The predicted octanol–water partition coefficient (Wildman–Crippen LogP) is -1.43. The number of aliphatic hydroxyl groups excluding tert-OH is 2. The van der Waals surface area contributed by atoms with Crippen LogP contribution in [0.2, 0.25) is 0 Å². The van der Waals surface area contributed by atoms with E-state index in [0.29, 0.717) is 12.8 Å². The maximum atomic E-state index is 11.6. The number of rotatable bonds is 2. The van der Waals surface area contributed by atoms with Crippen LogP contribution in [0.25, 0.3) is 0 Å². The molecule has 1 aromatic heterocycles. The summed E-state index contributed by atoms with van der Waals surface area (Å²) in [5, 5.41) is 18.5. The third kappa shape index (κ3) is 2.31. The molecule has 0 bridgehead atoms. The molecule has 0 aromatic carbocycles. The maximum absolute atomic E-state index is 11.6. The van der Waals surface area contributed by atoms with Crippen molar-refractivity contribution in [1.29, 1.82) is 0 Å². The molecule has 0 spiro atoms. The standard InChI is InChI=1S/C10H14N2O5/c13-5-7-6(14)1-2-9(17-7)12-8(15)3-4-11-10(12)16/h3-4,6-7,9,13-14H,1-2,5H2,(H,11,16)/t6-,7+,9+/m0/s1. The molecule has 1 aromatic rings. The molecule has 0 amide bonds. The van der Waals surface area contributed by atoms with Crippen LogP contribution < -0.4 is 11.2 Å². The first-order chi connectivity index (χ1) is 8.13. The van der Waals surface area contributed by atoms with Gasteiger partial charge < -0.3 is 19.9 Å². The molecule has 17 heavy (non-hydrogen) atoms. The number of aliphatic hydroxyl groups is 2. The summed E-state index contributed by atoms with van der Waals surface area (Å²) in [5.41, 5.74) is -1.03. The Morgan fingerprint density at radius 2 is 2.24 bits per heavy atom. The second-order valence-electron chi connectivity index (χ2n) is 3.95. The number of H-pyrrole nitrogens is 1. The highest BCUT2D eigenvalue weighted by molar-refractivity contribution is 4.86. The fourth-order valence-electron chi connectivity index (χ4n) is 1.92. The van der Waals surface area contributed by atoms with Gasteiger partial charge in [-0.25, -0.2) is 9.36 Å². The van der Waals surface area contributed by atoms with Crippen molar-refractivity contribution in [3.8, 4) is 0 Å². The second-order valence-corrected chi connectivity index (χ2v) is 3.95. The van der Waals surface area contributed by atoms with E-state index in [0.717, 1.165) is 4.57 Å². The average molecular weight is 242 g/mol. The first kappa shape index (κ1) is 12.0. The molecule has 0 saturated carbocycles. The van der Waals surface area contributed by atoms with Gasteiger partial charge in [-0.15, -0.1) is 0 Å². The Bertz CT molecular complexity index is 466. The molecule has 0 unspecified atom stereocenters. The van der Waals surface area contributed by atoms with Gasteiger partial charge in [0.15, 0.2) is 0 Å². The largest absolute Gasteiger partial charge is 0.394 e.